The Kier molecular flexibility index (Phi) is 4.82. The molecule has 3 rings (SSSR count). The summed E-state index contributed by atoms with van der Waals surface area (Å²) >= 11 is 0. The number of nitrogens with zero attached hydrogens (tertiary/aromatic N) is 1. The minimum absolute atomic E-state index is 0.141. The molecule has 3 aromatic rings. The number of rotatable bonds is 4. The third kappa shape index (κ3) is 3.76. The molecule has 0 radical (unpaired) electrons. The summed E-state index contributed by atoms with van der Waals surface area (Å²) in [6.07, 6.45) is 5.88. The van der Waals surface area contributed by atoms with E-state index < -0.39 is 0 Å². The van der Waals surface area contributed by atoms with Crippen LogP contribution in [0.5, 0.6) is 0 Å². The van der Waals surface area contributed by atoms with Gasteiger partial charge in [0.15, 0.2) is 0 Å². The van der Waals surface area contributed by atoms with Gasteiger partial charge in [-0.3, -0.25) is 4.79 Å². The maximum absolute atomic E-state index is 12.3. The lowest BCUT2D eigenvalue weighted by molar-refractivity contribution is -0.643. The third-order valence-electron chi connectivity index (χ3n) is 3.77. The van der Waals surface area contributed by atoms with E-state index in [1.54, 1.807) is 16.8 Å². The predicted octanol–water partition coefficient (Wildman–Crippen LogP) is 3.84. The molecule has 0 bridgehead atoms. The van der Waals surface area contributed by atoms with E-state index in [2.05, 4.69) is 30.6 Å². The van der Waals surface area contributed by atoms with Gasteiger partial charge in [0, 0.05) is 23.8 Å². The van der Waals surface area contributed by atoms with Crippen molar-refractivity contribution < 1.29 is 9.47 Å². The number of benzene rings is 2. The Hall–Kier alpha value is -3.20. The maximum atomic E-state index is 12.3. The summed E-state index contributed by atoms with van der Waals surface area (Å²) in [5, 5.41) is 0. The van der Waals surface area contributed by atoms with Gasteiger partial charge in [0.25, 0.3) is 0 Å². The molecule has 0 spiro atoms. The first kappa shape index (κ1) is 15.7. The number of carbonyl (C=O) groups excluding carboxylic acids is 1. The Morgan fingerprint density at radius 1 is 0.875 bits per heavy atom. The summed E-state index contributed by atoms with van der Waals surface area (Å²) in [6, 6.07) is 23.2. The lowest BCUT2D eigenvalue weighted by Gasteiger charge is -2.02. The topological polar surface area (TPSA) is 33.0 Å². The molecule has 24 heavy (non-hydrogen) atoms. The van der Waals surface area contributed by atoms with Crippen LogP contribution in [0, 0.1) is 6.92 Å². The summed E-state index contributed by atoms with van der Waals surface area (Å²) in [4.78, 5) is 12.3. The number of aromatic nitrogens is 1. The summed E-state index contributed by atoms with van der Waals surface area (Å²) in [5.41, 5.74) is 6.79. The number of nitrogens with one attached hydrogen (secondary N) is 1. The van der Waals surface area contributed by atoms with Crippen LogP contribution < -0.4 is 10.1 Å². The highest BCUT2D eigenvalue weighted by Crippen LogP contribution is 2.10. The number of hydrogen-bond donors (Lipinski definition) is 1. The molecule has 0 aliphatic rings. The quantitative estimate of drug-likeness (QED) is 0.729. The number of hydrogen-bond acceptors (Lipinski definition) is 1. The van der Waals surface area contributed by atoms with Gasteiger partial charge in [-0.25, -0.2) is 0 Å². The fourth-order valence-electron chi connectivity index (χ4n) is 2.41. The third-order valence-corrected chi connectivity index (χ3v) is 3.77. The van der Waals surface area contributed by atoms with E-state index in [9.17, 15) is 4.79 Å². The van der Waals surface area contributed by atoms with E-state index in [-0.39, 0.29) is 5.91 Å². The molecular weight excluding hydrogens is 296 g/mol. The molecule has 1 heterocycles. The highest BCUT2D eigenvalue weighted by atomic mass is 16.2. The molecule has 1 amide bonds. The molecule has 1 aromatic heterocycles. The molecule has 0 unspecified atom stereocenters. The minimum atomic E-state index is -0.141. The second-order valence-electron chi connectivity index (χ2n) is 5.49. The average Bonchev–Trinajstić information content (AvgIpc) is 2.63. The van der Waals surface area contributed by atoms with Crippen LogP contribution in [-0.2, 0) is 0 Å². The monoisotopic (exact) mass is 315 g/mol. The Morgan fingerprint density at radius 2 is 1.58 bits per heavy atom. The summed E-state index contributed by atoms with van der Waals surface area (Å²) < 4.78 is 1.73. The zero-order chi connectivity index (χ0) is 16.8. The van der Waals surface area contributed by atoms with Crippen LogP contribution in [0.15, 0.2) is 79.0 Å². The Labute approximate surface area is 141 Å². The van der Waals surface area contributed by atoms with Gasteiger partial charge in [-0.1, -0.05) is 47.1 Å². The van der Waals surface area contributed by atoms with Crippen molar-refractivity contribution in [2.24, 2.45) is 0 Å². The molecule has 1 N–H and O–H groups in total. The molecule has 3 heteroatoms. The first-order valence-electron chi connectivity index (χ1n) is 7.85. The summed E-state index contributed by atoms with van der Waals surface area (Å²) in [6.45, 7) is 2.08. The van der Waals surface area contributed by atoms with Gasteiger partial charge < -0.3 is 0 Å². The van der Waals surface area contributed by atoms with Crippen molar-refractivity contribution in [2.75, 3.05) is 5.43 Å². The second-order valence-corrected chi connectivity index (χ2v) is 5.49. The molecule has 2 aromatic carbocycles. The van der Waals surface area contributed by atoms with Gasteiger partial charge in [0.1, 0.15) is 0 Å². The SMILES string of the molecule is Cc1ccccc1/C=C/c1cccc[n+]1NC(=O)c1ccccc1. The lowest BCUT2D eigenvalue weighted by Crippen LogP contribution is -2.50. The van der Waals surface area contributed by atoms with Crippen LogP contribution >= 0.6 is 0 Å². The van der Waals surface area contributed by atoms with Crippen molar-refractivity contribution in [3.8, 4) is 0 Å². The summed E-state index contributed by atoms with van der Waals surface area (Å²) in [7, 11) is 0. The van der Waals surface area contributed by atoms with Gasteiger partial charge in [-0.15, -0.1) is 5.43 Å². The Morgan fingerprint density at radius 3 is 2.38 bits per heavy atom. The van der Waals surface area contributed by atoms with Crippen LogP contribution in [0.2, 0.25) is 0 Å². The Bertz CT molecular complexity index is 870. The average molecular weight is 315 g/mol. The van der Waals surface area contributed by atoms with Crippen molar-refractivity contribution in [2.45, 2.75) is 6.92 Å². The standard InChI is InChI=1S/C21H18N2O/c1-17-9-5-6-10-18(17)14-15-20-13-7-8-16-23(20)22-21(24)19-11-3-2-4-12-19/h2-16H,1H3/p+1/b15-14+. The lowest BCUT2D eigenvalue weighted by atomic mass is 10.1. The molecule has 118 valence electrons. The number of amides is 1. The second kappa shape index (κ2) is 7.38. The Balaban J connectivity index is 1.83. The van der Waals surface area contributed by atoms with Gasteiger partial charge >= 0.3 is 5.91 Å². The number of carbonyl (C=O) groups is 1. The first-order chi connectivity index (χ1) is 11.7. The van der Waals surface area contributed by atoms with E-state index >= 15 is 0 Å². The molecular formula is C21H19N2O+. The predicted molar refractivity (Wildman–Crippen MR) is 96.9 cm³/mol. The first-order valence-corrected chi connectivity index (χ1v) is 7.85. The maximum Gasteiger partial charge on any atom is 0.305 e. The molecule has 0 saturated heterocycles. The molecule has 0 saturated carbocycles. The van der Waals surface area contributed by atoms with Crippen LogP contribution in [0.25, 0.3) is 12.2 Å². The van der Waals surface area contributed by atoms with Gasteiger partial charge in [-0.05, 0) is 42.3 Å². The zero-order valence-corrected chi connectivity index (χ0v) is 13.5. The van der Waals surface area contributed by atoms with Crippen molar-refractivity contribution in [3.05, 3.63) is 101 Å². The van der Waals surface area contributed by atoms with Crippen molar-refractivity contribution in [1.82, 2.24) is 0 Å². The fraction of sp³-hybridized carbons (Fsp3) is 0.0476. The van der Waals surface area contributed by atoms with Crippen molar-refractivity contribution in [3.63, 3.8) is 0 Å². The van der Waals surface area contributed by atoms with Gasteiger partial charge in [0.2, 0.25) is 11.9 Å². The van der Waals surface area contributed by atoms with Crippen molar-refractivity contribution >= 4 is 18.1 Å². The van der Waals surface area contributed by atoms with E-state index in [1.807, 2.05) is 60.8 Å². The highest BCUT2D eigenvalue weighted by molar-refractivity contribution is 5.98. The van der Waals surface area contributed by atoms with Crippen LogP contribution in [0.4, 0.5) is 0 Å². The van der Waals surface area contributed by atoms with E-state index in [4.69, 9.17) is 0 Å². The smallest absolute Gasteiger partial charge is 0.264 e. The highest BCUT2D eigenvalue weighted by Gasteiger charge is 2.13. The van der Waals surface area contributed by atoms with Crippen molar-refractivity contribution in [1.29, 1.82) is 0 Å². The van der Waals surface area contributed by atoms with Gasteiger partial charge in [0.05, 0.1) is 0 Å². The fourth-order valence-corrected chi connectivity index (χ4v) is 2.41. The molecule has 3 nitrogen and oxygen atoms in total. The van der Waals surface area contributed by atoms with Crippen LogP contribution in [0.3, 0.4) is 0 Å². The molecule has 0 aliphatic heterocycles. The molecule has 0 fully saturated rings. The van der Waals surface area contributed by atoms with Gasteiger partial charge in [-0.2, -0.15) is 0 Å². The number of aryl methyl sites for hydroxylation is 1. The molecule has 0 aliphatic carbocycles. The van der Waals surface area contributed by atoms with E-state index in [1.165, 1.54) is 5.56 Å². The van der Waals surface area contributed by atoms with E-state index in [0.29, 0.717) is 5.56 Å². The van der Waals surface area contributed by atoms with E-state index in [0.717, 1.165) is 11.3 Å². The largest absolute Gasteiger partial charge is 0.305 e. The minimum Gasteiger partial charge on any atom is -0.264 e. The summed E-state index contributed by atoms with van der Waals surface area (Å²) in [5.74, 6) is -0.141. The van der Waals surface area contributed by atoms with Crippen LogP contribution in [-0.4, -0.2) is 5.91 Å². The van der Waals surface area contributed by atoms with Crippen LogP contribution in [0.1, 0.15) is 27.2 Å². The zero-order valence-electron chi connectivity index (χ0n) is 13.5. The normalized spacial score (nSPS) is 10.7. The number of pyridine rings is 1. The molecule has 0 atom stereocenters.